The van der Waals surface area contributed by atoms with Gasteiger partial charge >= 0.3 is 0 Å². The summed E-state index contributed by atoms with van der Waals surface area (Å²) in [5.74, 6) is 1.03. The van der Waals surface area contributed by atoms with Crippen LogP contribution < -0.4 is 10.6 Å². The van der Waals surface area contributed by atoms with E-state index in [1.54, 1.807) is 12.1 Å². The van der Waals surface area contributed by atoms with E-state index in [4.69, 9.17) is 16.1 Å². The highest BCUT2D eigenvalue weighted by Gasteiger charge is 2.17. The van der Waals surface area contributed by atoms with Gasteiger partial charge in [-0.1, -0.05) is 16.8 Å². The van der Waals surface area contributed by atoms with E-state index in [0.29, 0.717) is 28.3 Å². The maximum absolute atomic E-state index is 12.0. The number of rotatable bonds is 5. The Hall–Kier alpha value is -1.37. The fourth-order valence-corrected chi connectivity index (χ4v) is 3.38. The Bertz CT molecular complexity index is 619. The van der Waals surface area contributed by atoms with E-state index in [-0.39, 0.29) is 5.91 Å². The SMILES string of the molecule is O=C(NCCC1CCNC1)c1cc(-c2ccc(Cl)s2)on1. The normalized spacial score (nSPS) is 18.0. The number of aromatic nitrogens is 1. The van der Waals surface area contributed by atoms with Gasteiger partial charge in [-0.25, -0.2) is 0 Å². The molecular weight excluding hydrogens is 310 g/mol. The van der Waals surface area contributed by atoms with Crippen molar-refractivity contribution in [1.29, 1.82) is 0 Å². The highest BCUT2D eigenvalue weighted by Crippen LogP contribution is 2.31. The Kier molecular flexibility index (Phi) is 4.57. The lowest BCUT2D eigenvalue weighted by Gasteiger charge is -2.07. The molecule has 7 heteroatoms. The second-order valence-electron chi connectivity index (χ2n) is 5.08. The fraction of sp³-hybridized carbons (Fsp3) is 0.429. The Morgan fingerprint density at radius 2 is 2.48 bits per heavy atom. The van der Waals surface area contributed by atoms with Crippen molar-refractivity contribution in [1.82, 2.24) is 15.8 Å². The molecule has 21 heavy (non-hydrogen) atoms. The monoisotopic (exact) mass is 325 g/mol. The topological polar surface area (TPSA) is 67.2 Å². The van der Waals surface area contributed by atoms with E-state index < -0.39 is 0 Å². The number of carbonyl (C=O) groups excluding carboxylic acids is 1. The summed E-state index contributed by atoms with van der Waals surface area (Å²) in [6, 6.07) is 5.29. The molecule has 0 bridgehead atoms. The molecule has 1 saturated heterocycles. The van der Waals surface area contributed by atoms with E-state index >= 15 is 0 Å². The average molecular weight is 326 g/mol. The van der Waals surface area contributed by atoms with Crippen molar-refractivity contribution in [3.8, 4) is 10.6 Å². The molecule has 2 aromatic heterocycles. The summed E-state index contributed by atoms with van der Waals surface area (Å²) in [4.78, 5) is 12.9. The third-order valence-electron chi connectivity index (χ3n) is 3.56. The van der Waals surface area contributed by atoms with Crippen LogP contribution in [0.1, 0.15) is 23.3 Å². The number of halogens is 1. The zero-order valence-corrected chi connectivity index (χ0v) is 13.0. The van der Waals surface area contributed by atoms with Crippen LogP contribution >= 0.6 is 22.9 Å². The maximum Gasteiger partial charge on any atom is 0.273 e. The predicted molar refractivity (Wildman–Crippen MR) is 82.8 cm³/mol. The van der Waals surface area contributed by atoms with Crippen LogP contribution in [0.25, 0.3) is 10.6 Å². The van der Waals surface area contributed by atoms with Crippen molar-refractivity contribution in [3.63, 3.8) is 0 Å². The number of thiophene rings is 1. The molecule has 3 rings (SSSR count). The molecule has 0 radical (unpaired) electrons. The Morgan fingerprint density at radius 1 is 1.57 bits per heavy atom. The standard InChI is InChI=1S/C14H16ClN3O2S/c15-13-2-1-12(21-13)11-7-10(18-20-11)14(19)17-6-4-9-3-5-16-8-9/h1-2,7,9,16H,3-6,8H2,(H,17,19). The van der Waals surface area contributed by atoms with Crippen LogP contribution in [-0.4, -0.2) is 30.7 Å². The summed E-state index contributed by atoms with van der Waals surface area (Å²) in [5, 5.41) is 10.0. The first kappa shape index (κ1) is 14.6. The summed E-state index contributed by atoms with van der Waals surface area (Å²) in [7, 11) is 0. The van der Waals surface area contributed by atoms with Gasteiger partial charge in [-0.15, -0.1) is 11.3 Å². The fourth-order valence-electron chi connectivity index (χ4n) is 2.39. The van der Waals surface area contributed by atoms with Crippen molar-refractivity contribution in [3.05, 3.63) is 28.2 Å². The summed E-state index contributed by atoms with van der Waals surface area (Å²) in [6.07, 6.45) is 2.17. The highest BCUT2D eigenvalue weighted by molar-refractivity contribution is 7.19. The molecule has 5 nitrogen and oxygen atoms in total. The zero-order chi connectivity index (χ0) is 14.7. The highest BCUT2D eigenvalue weighted by atomic mass is 35.5. The number of nitrogens with one attached hydrogen (secondary N) is 2. The number of carbonyl (C=O) groups is 1. The van der Waals surface area contributed by atoms with Gasteiger partial charge in [0, 0.05) is 12.6 Å². The molecule has 0 spiro atoms. The van der Waals surface area contributed by atoms with E-state index in [1.165, 1.54) is 17.8 Å². The molecule has 1 amide bonds. The quantitative estimate of drug-likeness (QED) is 0.887. The van der Waals surface area contributed by atoms with Crippen molar-refractivity contribution in [2.45, 2.75) is 12.8 Å². The second kappa shape index (κ2) is 6.60. The van der Waals surface area contributed by atoms with Crippen molar-refractivity contribution < 1.29 is 9.32 Å². The molecule has 1 atom stereocenters. The van der Waals surface area contributed by atoms with Gasteiger partial charge in [0.1, 0.15) is 0 Å². The third-order valence-corrected chi connectivity index (χ3v) is 4.81. The first-order valence-corrected chi connectivity index (χ1v) is 8.13. The summed E-state index contributed by atoms with van der Waals surface area (Å²) in [5.41, 5.74) is 0.305. The van der Waals surface area contributed by atoms with E-state index in [2.05, 4.69) is 15.8 Å². The van der Waals surface area contributed by atoms with Crippen LogP contribution in [0, 0.1) is 5.92 Å². The molecule has 2 aromatic rings. The predicted octanol–water partition coefficient (Wildman–Crippen LogP) is 2.79. The molecule has 1 fully saturated rings. The molecule has 0 aliphatic carbocycles. The van der Waals surface area contributed by atoms with Crippen molar-refractivity contribution >= 4 is 28.8 Å². The first-order chi connectivity index (χ1) is 10.2. The largest absolute Gasteiger partial charge is 0.355 e. The van der Waals surface area contributed by atoms with E-state index in [0.717, 1.165) is 24.4 Å². The molecular formula is C14H16ClN3O2S. The third kappa shape index (κ3) is 3.64. The number of amides is 1. The summed E-state index contributed by atoms with van der Waals surface area (Å²) in [6.45, 7) is 2.79. The number of nitrogens with zero attached hydrogens (tertiary/aromatic N) is 1. The second-order valence-corrected chi connectivity index (χ2v) is 6.80. The minimum Gasteiger partial charge on any atom is -0.355 e. The van der Waals surface area contributed by atoms with Gasteiger partial charge in [0.2, 0.25) is 0 Å². The molecule has 1 aliphatic rings. The molecule has 1 unspecified atom stereocenters. The van der Waals surface area contributed by atoms with Gasteiger partial charge in [-0.3, -0.25) is 4.79 Å². The van der Waals surface area contributed by atoms with Gasteiger partial charge in [0.25, 0.3) is 5.91 Å². The van der Waals surface area contributed by atoms with Gasteiger partial charge in [0.15, 0.2) is 11.5 Å². The average Bonchev–Trinajstić information content (AvgIpc) is 3.19. The molecule has 112 valence electrons. The Balaban J connectivity index is 1.54. The lowest BCUT2D eigenvalue weighted by atomic mass is 10.1. The van der Waals surface area contributed by atoms with Crippen LogP contribution in [0.3, 0.4) is 0 Å². The van der Waals surface area contributed by atoms with E-state index in [1.807, 2.05) is 6.07 Å². The molecule has 1 aliphatic heterocycles. The van der Waals surface area contributed by atoms with Gasteiger partial charge in [0.05, 0.1) is 9.21 Å². The van der Waals surface area contributed by atoms with Crippen LogP contribution in [0.15, 0.2) is 22.7 Å². The maximum atomic E-state index is 12.0. The molecule has 0 aromatic carbocycles. The minimum atomic E-state index is -0.196. The first-order valence-electron chi connectivity index (χ1n) is 6.94. The smallest absolute Gasteiger partial charge is 0.273 e. The number of hydrogen-bond acceptors (Lipinski definition) is 5. The lowest BCUT2D eigenvalue weighted by Crippen LogP contribution is -2.26. The van der Waals surface area contributed by atoms with Crippen LogP contribution in [0.4, 0.5) is 0 Å². The lowest BCUT2D eigenvalue weighted by molar-refractivity contribution is 0.0942. The molecule has 0 saturated carbocycles. The molecule has 2 N–H and O–H groups in total. The van der Waals surface area contributed by atoms with Crippen molar-refractivity contribution in [2.75, 3.05) is 19.6 Å². The van der Waals surface area contributed by atoms with Crippen LogP contribution in [-0.2, 0) is 0 Å². The van der Waals surface area contributed by atoms with Crippen molar-refractivity contribution in [2.24, 2.45) is 5.92 Å². The Morgan fingerprint density at radius 3 is 3.19 bits per heavy atom. The van der Waals surface area contributed by atoms with Crippen LogP contribution in [0.5, 0.6) is 0 Å². The van der Waals surface area contributed by atoms with Crippen LogP contribution in [0.2, 0.25) is 4.34 Å². The van der Waals surface area contributed by atoms with Gasteiger partial charge in [-0.05, 0) is 44.0 Å². The summed E-state index contributed by atoms with van der Waals surface area (Å²) < 4.78 is 5.87. The Labute approximate surface area is 131 Å². The van der Waals surface area contributed by atoms with Gasteiger partial charge < -0.3 is 15.2 Å². The molecule has 3 heterocycles. The van der Waals surface area contributed by atoms with E-state index in [9.17, 15) is 4.79 Å². The zero-order valence-electron chi connectivity index (χ0n) is 11.4. The van der Waals surface area contributed by atoms with Gasteiger partial charge in [-0.2, -0.15) is 0 Å². The summed E-state index contributed by atoms with van der Waals surface area (Å²) >= 11 is 7.28. The number of hydrogen-bond donors (Lipinski definition) is 2. The minimum absolute atomic E-state index is 0.196.